The minimum Gasteiger partial charge on any atom is -0.480 e. The Balaban J connectivity index is 0. The maximum Gasteiger partial charge on any atom is 0.327 e. The third kappa shape index (κ3) is 7.55. The molecule has 0 heterocycles. The summed E-state index contributed by atoms with van der Waals surface area (Å²) in [5.74, 6) is -2.98. The van der Waals surface area contributed by atoms with E-state index in [1.165, 1.54) is 0 Å². The van der Waals surface area contributed by atoms with Gasteiger partial charge < -0.3 is 27.4 Å². The van der Waals surface area contributed by atoms with Crippen molar-refractivity contribution in [2.75, 3.05) is 5.75 Å². The van der Waals surface area contributed by atoms with Crippen molar-refractivity contribution in [1.29, 1.82) is 0 Å². The Labute approximate surface area is 104 Å². The number of hydrogen-bond donors (Lipinski definition) is 6. The highest BCUT2D eigenvalue weighted by molar-refractivity contribution is 7.80. The first kappa shape index (κ1) is 18.1. The van der Waals surface area contributed by atoms with Crippen molar-refractivity contribution in [2.45, 2.75) is 24.9 Å². The van der Waals surface area contributed by atoms with Gasteiger partial charge in [-0.2, -0.15) is 12.6 Å². The summed E-state index contributed by atoms with van der Waals surface area (Å²) >= 11 is 3.76. The number of carboxylic acid groups (broad SMARTS) is 2. The van der Waals surface area contributed by atoms with Gasteiger partial charge in [0, 0.05) is 12.2 Å². The highest BCUT2D eigenvalue weighted by atomic mass is 32.1. The molecule has 0 unspecified atom stereocenters. The van der Waals surface area contributed by atoms with Gasteiger partial charge in [-0.1, -0.05) is 0 Å². The molecule has 9 heteroatoms. The van der Waals surface area contributed by atoms with E-state index >= 15 is 0 Å². The molecule has 0 aromatic carbocycles. The lowest BCUT2D eigenvalue weighted by Gasteiger charge is -2.12. The van der Waals surface area contributed by atoms with Gasteiger partial charge in [0.05, 0.1) is 0 Å². The minimum absolute atomic E-state index is 0. The Morgan fingerprint density at radius 2 is 1.76 bits per heavy atom. The Kier molecular flexibility index (Phi) is 9.33. The van der Waals surface area contributed by atoms with Crippen LogP contribution in [-0.4, -0.2) is 45.9 Å². The van der Waals surface area contributed by atoms with E-state index in [1.807, 2.05) is 0 Å². The molecule has 0 fully saturated rings. The van der Waals surface area contributed by atoms with Crippen LogP contribution in [0.4, 0.5) is 0 Å². The normalized spacial score (nSPS) is 13.1. The molecule has 0 aromatic rings. The van der Waals surface area contributed by atoms with E-state index in [2.05, 4.69) is 17.9 Å². The predicted molar refractivity (Wildman–Crippen MR) is 63.3 cm³/mol. The summed E-state index contributed by atoms with van der Waals surface area (Å²) < 4.78 is 0. The summed E-state index contributed by atoms with van der Waals surface area (Å²) in [4.78, 5) is 32.1. The van der Waals surface area contributed by atoms with Crippen LogP contribution in [0.5, 0.6) is 0 Å². The van der Waals surface area contributed by atoms with E-state index in [0.29, 0.717) is 0 Å². The van der Waals surface area contributed by atoms with Crippen LogP contribution >= 0.6 is 12.6 Å². The van der Waals surface area contributed by atoms with Crippen LogP contribution in [0.1, 0.15) is 12.8 Å². The number of hydrogen-bond acceptors (Lipinski definition) is 6. The van der Waals surface area contributed by atoms with Gasteiger partial charge in [-0.3, -0.25) is 9.59 Å². The van der Waals surface area contributed by atoms with Crippen LogP contribution in [0.3, 0.4) is 0 Å². The van der Waals surface area contributed by atoms with E-state index in [9.17, 15) is 14.4 Å². The van der Waals surface area contributed by atoms with Gasteiger partial charge in [0.25, 0.3) is 0 Å². The third-order valence-corrected chi connectivity index (χ3v) is 2.18. The zero-order valence-corrected chi connectivity index (χ0v) is 10.0. The topological polar surface area (TPSA) is 165 Å². The molecule has 0 aliphatic rings. The molecule has 8 nitrogen and oxygen atoms in total. The standard InChI is InChI=1S/C8H14N2O5S.H3N/c9-4(7(12)13)1-2-6(11)10-5(3-16)8(14)15;/h4-5,16H,1-3,9H2,(H,10,11)(H,12,13)(H,14,15);1H3/t4-,5-;/m0./s1. The van der Waals surface area contributed by atoms with Crippen molar-refractivity contribution in [3.8, 4) is 0 Å². The smallest absolute Gasteiger partial charge is 0.327 e. The molecule has 0 aliphatic heterocycles. The first-order chi connectivity index (χ1) is 7.38. The summed E-state index contributed by atoms with van der Waals surface area (Å²) in [5.41, 5.74) is 5.18. The van der Waals surface area contributed by atoms with Crippen molar-refractivity contribution in [3.05, 3.63) is 0 Å². The third-order valence-electron chi connectivity index (χ3n) is 1.82. The van der Waals surface area contributed by atoms with E-state index in [0.717, 1.165) is 0 Å². The second kappa shape index (κ2) is 8.79. The molecule has 0 rings (SSSR count). The molecular weight excluding hydrogens is 250 g/mol. The van der Waals surface area contributed by atoms with Crippen LogP contribution in [0.15, 0.2) is 0 Å². The zero-order chi connectivity index (χ0) is 12.7. The average Bonchev–Trinajstić information content (AvgIpc) is 2.21. The van der Waals surface area contributed by atoms with Gasteiger partial charge in [0.2, 0.25) is 5.91 Å². The van der Waals surface area contributed by atoms with E-state index < -0.39 is 29.9 Å². The number of thiol groups is 1. The molecule has 0 radical (unpaired) electrons. The summed E-state index contributed by atoms with van der Waals surface area (Å²) in [7, 11) is 0. The number of nitrogens with two attached hydrogens (primary N) is 1. The van der Waals surface area contributed by atoms with Crippen molar-refractivity contribution in [1.82, 2.24) is 11.5 Å². The van der Waals surface area contributed by atoms with Crippen LogP contribution in [-0.2, 0) is 14.4 Å². The molecule has 100 valence electrons. The lowest BCUT2D eigenvalue weighted by molar-refractivity contribution is -0.141. The molecular formula is C8H17N3O5S. The maximum absolute atomic E-state index is 11.2. The Morgan fingerprint density at radius 3 is 2.12 bits per heavy atom. The fourth-order valence-electron chi connectivity index (χ4n) is 0.862. The number of carbonyl (C=O) groups excluding carboxylic acids is 1. The number of rotatable bonds is 7. The number of amides is 1. The highest BCUT2D eigenvalue weighted by Gasteiger charge is 2.19. The van der Waals surface area contributed by atoms with Crippen molar-refractivity contribution in [2.24, 2.45) is 5.73 Å². The quantitative estimate of drug-likeness (QED) is 0.316. The lowest BCUT2D eigenvalue weighted by atomic mass is 10.1. The molecule has 2 atom stereocenters. The molecule has 0 aliphatic carbocycles. The second-order valence-corrected chi connectivity index (χ2v) is 3.49. The van der Waals surface area contributed by atoms with E-state index in [-0.39, 0.29) is 24.7 Å². The maximum atomic E-state index is 11.2. The van der Waals surface area contributed by atoms with Crippen molar-refractivity contribution < 1.29 is 24.6 Å². The zero-order valence-electron chi connectivity index (χ0n) is 9.13. The van der Waals surface area contributed by atoms with Crippen LogP contribution in [0.2, 0.25) is 0 Å². The second-order valence-electron chi connectivity index (χ2n) is 3.12. The molecule has 1 amide bonds. The fourth-order valence-corrected chi connectivity index (χ4v) is 1.11. The number of carboxylic acids is 2. The van der Waals surface area contributed by atoms with Crippen LogP contribution in [0.25, 0.3) is 0 Å². The molecule has 0 saturated carbocycles. The first-order valence-electron chi connectivity index (χ1n) is 4.50. The number of aliphatic carboxylic acids is 2. The van der Waals surface area contributed by atoms with E-state index in [4.69, 9.17) is 15.9 Å². The van der Waals surface area contributed by atoms with Crippen molar-refractivity contribution >= 4 is 30.5 Å². The van der Waals surface area contributed by atoms with Gasteiger partial charge >= 0.3 is 11.9 Å². The fraction of sp³-hybridized carbons (Fsp3) is 0.625. The summed E-state index contributed by atoms with van der Waals surface area (Å²) in [6, 6.07) is -2.19. The summed E-state index contributed by atoms with van der Waals surface area (Å²) in [5, 5.41) is 19.3. The monoisotopic (exact) mass is 267 g/mol. The van der Waals surface area contributed by atoms with Crippen LogP contribution < -0.4 is 17.2 Å². The summed E-state index contributed by atoms with van der Waals surface area (Å²) in [6.45, 7) is 0. The SMILES string of the molecule is N.N[C@@H](CCC(=O)N[C@@H](CS)C(=O)O)C(=O)O. The number of nitrogens with one attached hydrogen (secondary N) is 1. The Bertz CT molecular complexity index is 286. The number of carbonyl (C=O) groups is 3. The largest absolute Gasteiger partial charge is 0.480 e. The van der Waals surface area contributed by atoms with Gasteiger partial charge in [-0.15, -0.1) is 0 Å². The molecule has 8 N–H and O–H groups in total. The van der Waals surface area contributed by atoms with Gasteiger partial charge in [0.1, 0.15) is 12.1 Å². The summed E-state index contributed by atoms with van der Waals surface area (Å²) in [6.07, 6.45) is -0.175. The van der Waals surface area contributed by atoms with Gasteiger partial charge in [-0.25, -0.2) is 4.79 Å². The Morgan fingerprint density at radius 1 is 1.24 bits per heavy atom. The first-order valence-corrected chi connectivity index (χ1v) is 5.13. The molecule has 0 bridgehead atoms. The average molecular weight is 267 g/mol. The Hall–Kier alpha value is -1.32. The van der Waals surface area contributed by atoms with Gasteiger partial charge in [0.15, 0.2) is 0 Å². The minimum atomic E-state index is -1.20. The van der Waals surface area contributed by atoms with E-state index in [1.54, 1.807) is 0 Å². The van der Waals surface area contributed by atoms with Crippen LogP contribution in [0, 0.1) is 0 Å². The molecule has 0 aromatic heterocycles. The molecule has 0 spiro atoms. The molecule has 17 heavy (non-hydrogen) atoms. The van der Waals surface area contributed by atoms with Gasteiger partial charge in [-0.05, 0) is 6.42 Å². The van der Waals surface area contributed by atoms with Crippen molar-refractivity contribution in [3.63, 3.8) is 0 Å². The highest BCUT2D eigenvalue weighted by Crippen LogP contribution is 1.97. The predicted octanol–water partition coefficient (Wildman–Crippen LogP) is -1.16. The lowest BCUT2D eigenvalue weighted by Crippen LogP contribution is -2.42. The molecule has 0 saturated heterocycles.